The Morgan fingerprint density at radius 1 is 1.15 bits per heavy atom. The van der Waals surface area contributed by atoms with E-state index in [1.54, 1.807) is 4.52 Å². The van der Waals surface area contributed by atoms with Gasteiger partial charge in [-0.2, -0.15) is 14.6 Å². The van der Waals surface area contributed by atoms with Gasteiger partial charge in [0.2, 0.25) is 0 Å². The molecule has 9 heteroatoms. The second kappa shape index (κ2) is 6.90. The zero-order valence-electron chi connectivity index (χ0n) is 14.8. The minimum absolute atomic E-state index is 0.237. The Morgan fingerprint density at radius 2 is 1.93 bits per heavy atom. The van der Waals surface area contributed by atoms with Gasteiger partial charge in [-0.1, -0.05) is 6.92 Å². The van der Waals surface area contributed by atoms with Crippen molar-refractivity contribution >= 4 is 17.5 Å². The summed E-state index contributed by atoms with van der Waals surface area (Å²) in [4.78, 5) is 24.8. The molecule has 3 aromatic rings. The topological polar surface area (TPSA) is 66.6 Å². The lowest BCUT2D eigenvalue weighted by atomic mass is 10.1. The lowest BCUT2D eigenvalue weighted by molar-refractivity contribution is 0.0741. The fraction of sp³-hybridized carbons (Fsp3) is 0.333. The number of carbonyl (C=O) groups excluding carboxylic acids is 1. The Bertz CT molecular complexity index is 997. The summed E-state index contributed by atoms with van der Waals surface area (Å²) in [5, 5.41) is 4.22. The van der Waals surface area contributed by atoms with Gasteiger partial charge < -0.3 is 9.80 Å². The van der Waals surface area contributed by atoms with E-state index in [1.807, 2.05) is 13.0 Å². The largest absolute Gasteiger partial charge is 0.353 e. The average molecular weight is 372 g/mol. The maximum atomic E-state index is 13.9. The molecule has 1 aromatic carbocycles. The summed E-state index contributed by atoms with van der Waals surface area (Å²) in [6, 6.07) is 4.89. The molecule has 0 aliphatic carbocycles. The lowest BCUT2D eigenvalue weighted by Crippen LogP contribution is -2.49. The number of halogens is 2. The fourth-order valence-electron chi connectivity index (χ4n) is 3.22. The maximum Gasteiger partial charge on any atom is 0.257 e. The number of hydrogen-bond donors (Lipinski definition) is 0. The Morgan fingerprint density at radius 3 is 2.67 bits per heavy atom. The van der Waals surface area contributed by atoms with E-state index >= 15 is 0 Å². The van der Waals surface area contributed by atoms with E-state index < -0.39 is 17.5 Å². The molecule has 0 saturated carbocycles. The van der Waals surface area contributed by atoms with Crippen LogP contribution in [0.2, 0.25) is 0 Å². The monoisotopic (exact) mass is 372 g/mol. The summed E-state index contributed by atoms with van der Waals surface area (Å²) >= 11 is 0. The first-order chi connectivity index (χ1) is 13.1. The van der Waals surface area contributed by atoms with Crippen LogP contribution in [0.1, 0.15) is 23.0 Å². The molecule has 140 valence electrons. The van der Waals surface area contributed by atoms with Crippen LogP contribution >= 0.6 is 0 Å². The molecular formula is C18H18F2N6O. The van der Waals surface area contributed by atoms with Crippen LogP contribution in [-0.4, -0.2) is 56.6 Å². The minimum Gasteiger partial charge on any atom is -0.353 e. The van der Waals surface area contributed by atoms with Gasteiger partial charge in [-0.25, -0.2) is 13.8 Å². The molecule has 27 heavy (non-hydrogen) atoms. The van der Waals surface area contributed by atoms with Crippen LogP contribution in [0.3, 0.4) is 0 Å². The van der Waals surface area contributed by atoms with E-state index in [4.69, 9.17) is 0 Å². The number of anilines is 1. The predicted molar refractivity (Wildman–Crippen MR) is 94.6 cm³/mol. The number of aryl methyl sites for hydroxylation is 1. The van der Waals surface area contributed by atoms with Gasteiger partial charge in [0.1, 0.15) is 23.8 Å². The third-order valence-corrected chi connectivity index (χ3v) is 4.70. The predicted octanol–water partition coefficient (Wildman–Crippen LogP) is 1.93. The summed E-state index contributed by atoms with van der Waals surface area (Å²) in [5.74, 6) is -0.449. The summed E-state index contributed by atoms with van der Waals surface area (Å²) in [5.41, 5.74) is 0.671. The van der Waals surface area contributed by atoms with E-state index in [-0.39, 0.29) is 5.56 Å². The van der Waals surface area contributed by atoms with Crippen LogP contribution in [0, 0.1) is 11.6 Å². The van der Waals surface area contributed by atoms with Crippen LogP contribution in [0.25, 0.3) is 5.78 Å². The first-order valence-corrected chi connectivity index (χ1v) is 8.75. The highest BCUT2D eigenvalue weighted by molar-refractivity contribution is 5.94. The van der Waals surface area contributed by atoms with Gasteiger partial charge >= 0.3 is 0 Å². The Labute approximate surface area is 154 Å². The molecule has 1 saturated heterocycles. The number of fused-ring (bicyclic) bond motifs is 1. The van der Waals surface area contributed by atoms with E-state index in [0.717, 1.165) is 36.1 Å². The van der Waals surface area contributed by atoms with Crippen molar-refractivity contribution in [2.75, 3.05) is 31.1 Å². The SMILES string of the molecule is CCc1cc(N2CCN(C(=O)c3cc(F)ccc3F)CC2)n2ncnc2n1. The molecule has 1 fully saturated rings. The van der Waals surface area contributed by atoms with Crippen LogP contribution in [0.15, 0.2) is 30.6 Å². The van der Waals surface area contributed by atoms with Gasteiger partial charge in [0.05, 0.1) is 5.56 Å². The highest BCUT2D eigenvalue weighted by Gasteiger charge is 2.26. The Balaban J connectivity index is 1.53. The molecule has 0 radical (unpaired) electrons. The van der Waals surface area contributed by atoms with Gasteiger partial charge in [0.15, 0.2) is 0 Å². The Hall–Kier alpha value is -3.10. The molecule has 3 heterocycles. The zero-order chi connectivity index (χ0) is 19.0. The van der Waals surface area contributed by atoms with Crippen molar-refractivity contribution in [1.29, 1.82) is 0 Å². The number of amides is 1. The Kier molecular flexibility index (Phi) is 4.43. The first kappa shape index (κ1) is 17.3. The van der Waals surface area contributed by atoms with Crippen LogP contribution in [-0.2, 0) is 6.42 Å². The third kappa shape index (κ3) is 3.20. The van der Waals surface area contributed by atoms with Gasteiger partial charge in [-0.15, -0.1) is 0 Å². The number of aromatic nitrogens is 4. The summed E-state index contributed by atoms with van der Waals surface area (Å²) in [7, 11) is 0. The standard InChI is InChI=1S/C18H18F2N6O/c1-2-13-10-16(26-18(23-13)21-11-22-26)24-5-7-25(8-6-24)17(27)14-9-12(19)3-4-15(14)20/h3-4,9-11H,2,5-8H2,1H3. The molecule has 0 atom stereocenters. The van der Waals surface area contributed by atoms with Crippen LogP contribution < -0.4 is 4.90 Å². The second-order valence-electron chi connectivity index (χ2n) is 6.33. The molecule has 0 spiro atoms. The van der Waals surface area contributed by atoms with Crippen molar-refractivity contribution in [1.82, 2.24) is 24.5 Å². The minimum atomic E-state index is -0.713. The summed E-state index contributed by atoms with van der Waals surface area (Å²) in [6.07, 6.45) is 2.23. The van der Waals surface area contributed by atoms with Gasteiger partial charge in [0.25, 0.3) is 11.7 Å². The van der Waals surface area contributed by atoms with Crippen LogP contribution in [0.5, 0.6) is 0 Å². The maximum absolute atomic E-state index is 13.9. The molecule has 4 rings (SSSR count). The molecule has 1 amide bonds. The average Bonchev–Trinajstić information content (AvgIpc) is 3.17. The zero-order valence-corrected chi connectivity index (χ0v) is 14.8. The second-order valence-corrected chi connectivity index (χ2v) is 6.33. The van der Waals surface area contributed by atoms with Crippen molar-refractivity contribution in [3.05, 3.63) is 53.5 Å². The molecule has 0 bridgehead atoms. The van der Waals surface area contributed by atoms with Crippen LogP contribution in [0.4, 0.5) is 14.6 Å². The first-order valence-electron chi connectivity index (χ1n) is 8.75. The highest BCUT2D eigenvalue weighted by atomic mass is 19.1. The van der Waals surface area contributed by atoms with Gasteiger partial charge in [0, 0.05) is 37.9 Å². The third-order valence-electron chi connectivity index (χ3n) is 4.70. The lowest BCUT2D eigenvalue weighted by Gasteiger charge is -2.36. The fourth-order valence-corrected chi connectivity index (χ4v) is 3.22. The molecule has 1 aliphatic heterocycles. The normalized spacial score (nSPS) is 14.8. The summed E-state index contributed by atoms with van der Waals surface area (Å²) in [6.45, 7) is 3.91. The molecule has 0 unspecified atom stereocenters. The van der Waals surface area contributed by atoms with E-state index in [2.05, 4.69) is 20.0 Å². The molecule has 2 aromatic heterocycles. The van der Waals surface area contributed by atoms with Crippen molar-refractivity contribution in [3.63, 3.8) is 0 Å². The molecule has 7 nitrogen and oxygen atoms in total. The quantitative estimate of drug-likeness (QED) is 0.703. The molecular weight excluding hydrogens is 354 g/mol. The number of benzene rings is 1. The van der Waals surface area contributed by atoms with E-state index in [9.17, 15) is 13.6 Å². The number of rotatable bonds is 3. The van der Waals surface area contributed by atoms with E-state index in [1.165, 1.54) is 11.2 Å². The molecule has 0 N–H and O–H groups in total. The van der Waals surface area contributed by atoms with Crippen molar-refractivity contribution in [2.24, 2.45) is 0 Å². The molecule has 1 aliphatic rings. The van der Waals surface area contributed by atoms with Crippen molar-refractivity contribution in [2.45, 2.75) is 13.3 Å². The number of carbonyl (C=O) groups is 1. The number of hydrogen-bond acceptors (Lipinski definition) is 5. The highest BCUT2D eigenvalue weighted by Crippen LogP contribution is 2.20. The van der Waals surface area contributed by atoms with Gasteiger partial charge in [-0.05, 0) is 24.6 Å². The summed E-state index contributed by atoms with van der Waals surface area (Å²) < 4.78 is 28.9. The number of piperazine rings is 1. The van der Waals surface area contributed by atoms with Crippen molar-refractivity contribution in [3.8, 4) is 0 Å². The number of nitrogens with zero attached hydrogens (tertiary/aromatic N) is 6. The van der Waals surface area contributed by atoms with Gasteiger partial charge in [-0.3, -0.25) is 4.79 Å². The smallest absolute Gasteiger partial charge is 0.257 e. The van der Waals surface area contributed by atoms with Crippen molar-refractivity contribution < 1.29 is 13.6 Å². The van der Waals surface area contributed by atoms with E-state index in [0.29, 0.717) is 32.0 Å².